The van der Waals surface area contributed by atoms with Gasteiger partial charge in [-0.05, 0) is 43.2 Å². The summed E-state index contributed by atoms with van der Waals surface area (Å²) in [7, 11) is 0. The van der Waals surface area contributed by atoms with E-state index >= 15 is 0 Å². The summed E-state index contributed by atoms with van der Waals surface area (Å²) >= 11 is 0. The Hall–Kier alpha value is -0.0800. The van der Waals surface area contributed by atoms with Crippen LogP contribution in [-0.2, 0) is 0 Å². The Morgan fingerprint density at radius 1 is 1.22 bits per heavy atom. The van der Waals surface area contributed by atoms with Crippen molar-refractivity contribution in [2.75, 3.05) is 32.7 Å². The molecule has 0 aromatic heterocycles. The lowest BCUT2D eigenvalue weighted by Gasteiger charge is -2.34. The third kappa shape index (κ3) is 5.27. The summed E-state index contributed by atoms with van der Waals surface area (Å²) in [6.07, 6.45) is 5.22. The third-order valence-corrected chi connectivity index (χ3v) is 4.19. The molecule has 1 rings (SSSR count). The molecular formula is C16H34N2. The molecule has 0 spiro atoms. The van der Waals surface area contributed by atoms with Crippen LogP contribution >= 0.6 is 0 Å². The minimum absolute atomic E-state index is 0.449. The Kier molecular flexibility index (Phi) is 6.13. The summed E-state index contributed by atoms with van der Waals surface area (Å²) in [4.78, 5) is 2.68. The van der Waals surface area contributed by atoms with E-state index in [0.29, 0.717) is 10.8 Å². The highest BCUT2D eigenvalue weighted by Crippen LogP contribution is 2.32. The van der Waals surface area contributed by atoms with Crippen molar-refractivity contribution in [3.05, 3.63) is 0 Å². The van der Waals surface area contributed by atoms with Gasteiger partial charge in [0.1, 0.15) is 0 Å². The number of nitrogens with one attached hydrogen (secondary N) is 1. The molecule has 2 nitrogen and oxygen atoms in total. The first-order valence-electron chi connectivity index (χ1n) is 7.84. The number of rotatable bonds is 8. The molecule has 18 heavy (non-hydrogen) atoms. The van der Waals surface area contributed by atoms with Crippen molar-refractivity contribution < 1.29 is 0 Å². The van der Waals surface area contributed by atoms with Crippen LogP contribution in [0.2, 0.25) is 0 Å². The second-order valence-corrected chi connectivity index (χ2v) is 7.36. The van der Waals surface area contributed by atoms with Crippen LogP contribution in [0.15, 0.2) is 0 Å². The lowest BCUT2D eigenvalue weighted by molar-refractivity contribution is 0.162. The number of hydrogen-bond donors (Lipinski definition) is 1. The van der Waals surface area contributed by atoms with Crippen molar-refractivity contribution in [1.82, 2.24) is 10.2 Å². The third-order valence-electron chi connectivity index (χ3n) is 4.19. The van der Waals surface area contributed by atoms with Gasteiger partial charge in [0, 0.05) is 19.6 Å². The Morgan fingerprint density at radius 3 is 2.44 bits per heavy atom. The molecule has 1 aliphatic heterocycles. The van der Waals surface area contributed by atoms with E-state index in [0.717, 1.165) is 6.54 Å². The molecule has 1 fully saturated rings. The lowest BCUT2D eigenvalue weighted by Crippen LogP contribution is -2.42. The smallest absolute Gasteiger partial charge is 0.00477 e. The fourth-order valence-electron chi connectivity index (χ4n) is 3.29. The SMILES string of the molecule is CCCNCC(C)(CCC)CN1CCC(C)(C)C1. The Bertz CT molecular complexity index is 237. The van der Waals surface area contributed by atoms with Gasteiger partial charge in [-0.2, -0.15) is 0 Å². The van der Waals surface area contributed by atoms with Crippen molar-refractivity contribution >= 4 is 0 Å². The van der Waals surface area contributed by atoms with Crippen LogP contribution in [0.5, 0.6) is 0 Å². The maximum Gasteiger partial charge on any atom is 0.00477 e. The van der Waals surface area contributed by atoms with Crippen LogP contribution in [-0.4, -0.2) is 37.6 Å². The molecule has 1 N–H and O–H groups in total. The molecule has 0 aliphatic carbocycles. The molecule has 108 valence electrons. The first-order valence-corrected chi connectivity index (χ1v) is 7.84. The predicted octanol–water partition coefficient (Wildman–Crippen LogP) is 3.52. The van der Waals surface area contributed by atoms with Crippen molar-refractivity contribution in [1.29, 1.82) is 0 Å². The molecule has 1 atom stereocenters. The zero-order chi connectivity index (χ0) is 13.6. The zero-order valence-electron chi connectivity index (χ0n) is 13.3. The average Bonchev–Trinajstić information content (AvgIpc) is 2.58. The number of hydrogen-bond acceptors (Lipinski definition) is 2. The predicted molar refractivity (Wildman–Crippen MR) is 81.0 cm³/mol. The summed E-state index contributed by atoms with van der Waals surface area (Å²) in [5, 5.41) is 3.63. The lowest BCUT2D eigenvalue weighted by atomic mass is 9.84. The maximum atomic E-state index is 3.63. The zero-order valence-corrected chi connectivity index (χ0v) is 13.3. The van der Waals surface area contributed by atoms with Crippen LogP contribution < -0.4 is 5.32 Å². The summed E-state index contributed by atoms with van der Waals surface area (Å²) in [5.74, 6) is 0. The highest BCUT2D eigenvalue weighted by Gasteiger charge is 2.33. The van der Waals surface area contributed by atoms with Gasteiger partial charge in [-0.25, -0.2) is 0 Å². The highest BCUT2D eigenvalue weighted by molar-refractivity contribution is 4.88. The Morgan fingerprint density at radius 2 is 1.94 bits per heavy atom. The highest BCUT2D eigenvalue weighted by atomic mass is 15.2. The van der Waals surface area contributed by atoms with E-state index in [4.69, 9.17) is 0 Å². The van der Waals surface area contributed by atoms with Crippen molar-refractivity contribution in [3.8, 4) is 0 Å². The van der Waals surface area contributed by atoms with Gasteiger partial charge in [-0.15, -0.1) is 0 Å². The van der Waals surface area contributed by atoms with Crippen molar-refractivity contribution in [2.45, 2.75) is 60.3 Å². The van der Waals surface area contributed by atoms with Gasteiger partial charge in [0.05, 0.1) is 0 Å². The van der Waals surface area contributed by atoms with Crippen LogP contribution in [0, 0.1) is 10.8 Å². The molecule has 0 saturated carbocycles. The fraction of sp³-hybridized carbons (Fsp3) is 1.00. The number of nitrogens with zero attached hydrogens (tertiary/aromatic N) is 1. The fourth-order valence-corrected chi connectivity index (χ4v) is 3.29. The van der Waals surface area contributed by atoms with Gasteiger partial charge in [-0.3, -0.25) is 0 Å². The first kappa shape index (κ1) is 16.0. The maximum absolute atomic E-state index is 3.63. The summed E-state index contributed by atoms with van der Waals surface area (Å²) in [5.41, 5.74) is 0.980. The van der Waals surface area contributed by atoms with Gasteiger partial charge < -0.3 is 10.2 Å². The topological polar surface area (TPSA) is 15.3 Å². The second kappa shape index (κ2) is 6.91. The molecule has 0 radical (unpaired) electrons. The van der Waals surface area contributed by atoms with E-state index in [2.05, 4.69) is 44.8 Å². The van der Waals surface area contributed by atoms with Gasteiger partial charge in [0.25, 0.3) is 0 Å². The summed E-state index contributed by atoms with van der Waals surface area (Å²) in [6, 6.07) is 0. The van der Waals surface area contributed by atoms with Crippen molar-refractivity contribution in [3.63, 3.8) is 0 Å². The van der Waals surface area contributed by atoms with E-state index in [1.54, 1.807) is 0 Å². The molecule has 1 heterocycles. The molecule has 1 unspecified atom stereocenters. The molecule has 2 heteroatoms. The largest absolute Gasteiger partial charge is 0.316 e. The molecule has 1 aliphatic rings. The van der Waals surface area contributed by atoms with E-state index < -0.39 is 0 Å². The van der Waals surface area contributed by atoms with Crippen LogP contribution in [0.25, 0.3) is 0 Å². The Labute approximate surface area is 115 Å². The average molecular weight is 254 g/mol. The quantitative estimate of drug-likeness (QED) is 0.667. The van der Waals surface area contributed by atoms with E-state index in [9.17, 15) is 0 Å². The number of likely N-dealkylation sites (tertiary alicyclic amines) is 1. The molecule has 0 amide bonds. The van der Waals surface area contributed by atoms with E-state index in [1.807, 2.05) is 0 Å². The molecule has 0 aromatic carbocycles. The normalized spacial score (nSPS) is 23.2. The van der Waals surface area contributed by atoms with Gasteiger partial charge in [0.15, 0.2) is 0 Å². The van der Waals surface area contributed by atoms with Crippen molar-refractivity contribution in [2.24, 2.45) is 10.8 Å². The summed E-state index contributed by atoms with van der Waals surface area (Å²) in [6.45, 7) is 18.0. The monoisotopic (exact) mass is 254 g/mol. The van der Waals surface area contributed by atoms with Gasteiger partial charge >= 0.3 is 0 Å². The molecule has 1 saturated heterocycles. The van der Waals surface area contributed by atoms with E-state index in [1.165, 1.54) is 51.9 Å². The second-order valence-electron chi connectivity index (χ2n) is 7.36. The van der Waals surface area contributed by atoms with Gasteiger partial charge in [-0.1, -0.05) is 41.0 Å². The van der Waals surface area contributed by atoms with Crippen LogP contribution in [0.4, 0.5) is 0 Å². The molecule has 0 bridgehead atoms. The first-order chi connectivity index (χ1) is 8.41. The van der Waals surface area contributed by atoms with Crippen LogP contribution in [0.1, 0.15) is 60.3 Å². The summed E-state index contributed by atoms with van der Waals surface area (Å²) < 4.78 is 0. The molecule has 0 aromatic rings. The Balaban J connectivity index is 2.46. The minimum Gasteiger partial charge on any atom is -0.316 e. The standard InChI is InChI=1S/C16H34N2/c1-6-8-16(5,12-17-10-7-2)14-18-11-9-15(3,4)13-18/h17H,6-14H2,1-5H3. The minimum atomic E-state index is 0.449. The van der Waals surface area contributed by atoms with Gasteiger partial charge in [0.2, 0.25) is 0 Å². The van der Waals surface area contributed by atoms with Crippen LogP contribution in [0.3, 0.4) is 0 Å². The molecular weight excluding hydrogens is 220 g/mol. The van der Waals surface area contributed by atoms with E-state index in [-0.39, 0.29) is 0 Å².